The van der Waals surface area contributed by atoms with E-state index in [4.69, 9.17) is 0 Å². The lowest BCUT2D eigenvalue weighted by atomic mass is 10.1. The van der Waals surface area contributed by atoms with Crippen LogP contribution in [-0.4, -0.2) is 23.2 Å². The third kappa shape index (κ3) is 4.06. The zero-order chi connectivity index (χ0) is 18.0. The molecule has 0 radical (unpaired) electrons. The van der Waals surface area contributed by atoms with E-state index in [9.17, 15) is 8.42 Å². The van der Waals surface area contributed by atoms with E-state index in [1.165, 1.54) is 11.9 Å². The monoisotopic (exact) mass is 356 g/mol. The third-order valence-electron chi connectivity index (χ3n) is 3.86. The summed E-state index contributed by atoms with van der Waals surface area (Å²) in [4.78, 5) is 4.29. The molecule has 0 aliphatic heterocycles. The van der Waals surface area contributed by atoms with Gasteiger partial charge < -0.3 is 0 Å². The van der Waals surface area contributed by atoms with Crippen LogP contribution >= 0.6 is 0 Å². The molecule has 0 amide bonds. The summed E-state index contributed by atoms with van der Waals surface area (Å²) < 4.78 is 29.2. The molecule has 130 valence electrons. The van der Waals surface area contributed by atoms with Crippen LogP contribution in [0.2, 0.25) is 0 Å². The first kappa shape index (κ1) is 17.2. The van der Waals surface area contributed by atoms with Crippen molar-refractivity contribution in [1.82, 2.24) is 14.8 Å². The van der Waals surface area contributed by atoms with Gasteiger partial charge in [-0.25, -0.2) is 17.8 Å². The fourth-order valence-electron chi connectivity index (χ4n) is 2.47. The quantitative estimate of drug-likeness (QED) is 0.762. The number of sulfonamides is 1. The second-order valence-corrected chi connectivity index (χ2v) is 7.78. The average molecular weight is 356 g/mol. The Morgan fingerprint density at radius 2 is 1.68 bits per heavy atom. The van der Waals surface area contributed by atoms with Gasteiger partial charge in [-0.3, -0.25) is 0 Å². The van der Waals surface area contributed by atoms with E-state index >= 15 is 0 Å². The minimum atomic E-state index is -3.72. The molecule has 0 saturated heterocycles. The highest BCUT2D eigenvalue weighted by molar-refractivity contribution is 7.92. The molecule has 1 heterocycles. The Kier molecular flexibility index (Phi) is 4.59. The highest BCUT2D eigenvalue weighted by Gasteiger charge is 2.19. The van der Waals surface area contributed by atoms with Crippen molar-refractivity contribution in [3.05, 3.63) is 71.0 Å². The average Bonchev–Trinajstić information content (AvgIpc) is 2.98. The molecule has 7 heteroatoms. The van der Waals surface area contributed by atoms with Gasteiger partial charge in [0.2, 0.25) is 0 Å². The van der Waals surface area contributed by atoms with Crippen LogP contribution in [0.1, 0.15) is 22.3 Å². The van der Waals surface area contributed by atoms with Crippen LogP contribution in [0.3, 0.4) is 0 Å². The normalized spacial score (nSPS) is 11.5. The van der Waals surface area contributed by atoms with E-state index in [0.717, 1.165) is 11.1 Å². The Bertz CT molecular complexity index is 992. The largest absolute Gasteiger partial charge is 0.264 e. The molecule has 1 N–H and O–H groups in total. The highest BCUT2D eigenvalue weighted by atomic mass is 32.2. The van der Waals surface area contributed by atoms with Crippen molar-refractivity contribution in [1.29, 1.82) is 0 Å². The van der Waals surface area contributed by atoms with Gasteiger partial charge in [0.05, 0.1) is 11.4 Å². The Morgan fingerprint density at radius 3 is 2.40 bits per heavy atom. The lowest BCUT2D eigenvalue weighted by Gasteiger charge is -2.08. The first-order valence-corrected chi connectivity index (χ1v) is 9.37. The molecular formula is C18H20N4O2S. The van der Waals surface area contributed by atoms with E-state index in [0.29, 0.717) is 12.1 Å². The second kappa shape index (κ2) is 6.68. The van der Waals surface area contributed by atoms with Crippen molar-refractivity contribution in [3.8, 4) is 0 Å². The molecule has 3 rings (SSSR count). The van der Waals surface area contributed by atoms with Crippen LogP contribution in [-0.2, 0) is 16.6 Å². The summed E-state index contributed by atoms with van der Waals surface area (Å²) in [5.41, 5.74) is 3.81. The standard InChI is InChI=1S/C18H20N4O2S/c1-13-5-8-16(9-6-13)11-22-12-19-18(20-22)21-25(23,24)17-10-14(2)4-7-15(17)3/h4-10,12H,11H2,1-3H3,(H,20,21). The van der Waals surface area contributed by atoms with Gasteiger partial charge >= 0.3 is 0 Å². The van der Waals surface area contributed by atoms with Gasteiger partial charge in [-0.2, -0.15) is 4.98 Å². The van der Waals surface area contributed by atoms with Gasteiger partial charge in [-0.1, -0.05) is 42.0 Å². The summed E-state index contributed by atoms with van der Waals surface area (Å²) in [5.74, 6) is 0.0630. The number of hydrogen-bond acceptors (Lipinski definition) is 4. The topological polar surface area (TPSA) is 76.9 Å². The summed E-state index contributed by atoms with van der Waals surface area (Å²) >= 11 is 0. The molecule has 0 unspecified atom stereocenters. The van der Waals surface area contributed by atoms with Crippen LogP contribution in [0.15, 0.2) is 53.7 Å². The molecule has 0 aliphatic carbocycles. The summed E-state index contributed by atoms with van der Waals surface area (Å²) in [6.45, 7) is 6.17. The maximum atomic E-state index is 12.6. The molecule has 0 saturated carbocycles. The molecule has 0 fully saturated rings. The fourth-order valence-corrected chi connectivity index (χ4v) is 3.75. The third-order valence-corrected chi connectivity index (χ3v) is 5.33. The Morgan fingerprint density at radius 1 is 1.00 bits per heavy atom. The van der Waals surface area contributed by atoms with Gasteiger partial charge in [0, 0.05) is 0 Å². The van der Waals surface area contributed by atoms with E-state index in [-0.39, 0.29) is 10.8 Å². The molecular weight excluding hydrogens is 336 g/mol. The number of nitrogens with zero attached hydrogens (tertiary/aromatic N) is 3. The zero-order valence-electron chi connectivity index (χ0n) is 14.4. The number of anilines is 1. The fraction of sp³-hybridized carbons (Fsp3) is 0.222. The second-order valence-electron chi connectivity index (χ2n) is 6.13. The molecule has 0 bridgehead atoms. The van der Waals surface area contributed by atoms with Crippen molar-refractivity contribution >= 4 is 16.0 Å². The smallest absolute Gasteiger partial charge is 0.246 e. The van der Waals surface area contributed by atoms with Crippen molar-refractivity contribution in [2.45, 2.75) is 32.2 Å². The van der Waals surface area contributed by atoms with Crippen molar-refractivity contribution in [2.75, 3.05) is 4.72 Å². The van der Waals surface area contributed by atoms with E-state index in [2.05, 4.69) is 14.8 Å². The predicted octanol–water partition coefficient (Wildman–Crippen LogP) is 3.05. The Hall–Kier alpha value is -2.67. The Balaban J connectivity index is 1.78. The molecule has 0 spiro atoms. The molecule has 3 aromatic rings. The predicted molar refractivity (Wildman–Crippen MR) is 97.0 cm³/mol. The van der Waals surface area contributed by atoms with Gasteiger partial charge in [-0.15, -0.1) is 5.10 Å². The summed E-state index contributed by atoms with van der Waals surface area (Å²) in [6, 6.07) is 13.4. The van der Waals surface area contributed by atoms with Gasteiger partial charge in [0.1, 0.15) is 6.33 Å². The SMILES string of the molecule is Cc1ccc(Cn2cnc(NS(=O)(=O)c3cc(C)ccc3C)n2)cc1. The number of aromatic nitrogens is 3. The van der Waals surface area contributed by atoms with Crippen molar-refractivity contribution in [3.63, 3.8) is 0 Å². The minimum Gasteiger partial charge on any atom is -0.246 e. The van der Waals surface area contributed by atoms with Gasteiger partial charge in [0.15, 0.2) is 0 Å². The van der Waals surface area contributed by atoms with E-state index in [1.807, 2.05) is 44.2 Å². The number of nitrogens with one attached hydrogen (secondary N) is 1. The van der Waals surface area contributed by atoms with Gasteiger partial charge in [0.25, 0.3) is 16.0 Å². The summed E-state index contributed by atoms with van der Waals surface area (Å²) in [6.07, 6.45) is 1.51. The number of aryl methyl sites for hydroxylation is 3. The summed E-state index contributed by atoms with van der Waals surface area (Å²) in [5, 5.41) is 4.21. The van der Waals surface area contributed by atoms with Crippen LogP contribution < -0.4 is 4.72 Å². The number of rotatable bonds is 5. The summed E-state index contributed by atoms with van der Waals surface area (Å²) in [7, 11) is -3.72. The lowest BCUT2D eigenvalue weighted by Crippen LogP contribution is -2.15. The number of benzene rings is 2. The maximum absolute atomic E-state index is 12.6. The lowest BCUT2D eigenvalue weighted by molar-refractivity contribution is 0.600. The van der Waals surface area contributed by atoms with E-state index in [1.54, 1.807) is 23.7 Å². The molecule has 2 aromatic carbocycles. The van der Waals surface area contributed by atoms with Crippen LogP contribution in [0.4, 0.5) is 5.95 Å². The van der Waals surface area contributed by atoms with Crippen LogP contribution in [0, 0.1) is 20.8 Å². The maximum Gasteiger partial charge on any atom is 0.264 e. The molecule has 6 nitrogen and oxygen atoms in total. The van der Waals surface area contributed by atoms with Crippen molar-refractivity contribution < 1.29 is 8.42 Å². The highest BCUT2D eigenvalue weighted by Crippen LogP contribution is 2.19. The first-order chi connectivity index (χ1) is 11.8. The van der Waals surface area contributed by atoms with E-state index < -0.39 is 10.0 Å². The number of hydrogen-bond donors (Lipinski definition) is 1. The molecule has 25 heavy (non-hydrogen) atoms. The Labute approximate surface area is 147 Å². The zero-order valence-corrected chi connectivity index (χ0v) is 15.2. The molecule has 1 aromatic heterocycles. The minimum absolute atomic E-state index is 0.0630. The van der Waals surface area contributed by atoms with Crippen LogP contribution in [0.25, 0.3) is 0 Å². The molecule has 0 atom stereocenters. The first-order valence-electron chi connectivity index (χ1n) is 7.88. The van der Waals surface area contributed by atoms with Crippen molar-refractivity contribution in [2.24, 2.45) is 0 Å². The van der Waals surface area contributed by atoms with Crippen LogP contribution in [0.5, 0.6) is 0 Å². The molecule has 0 aliphatic rings. The van der Waals surface area contributed by atoms with Gasteiger partial charge in [-0.05, 0) is 43.5 Å².